The van der Waals surface area contributed by atoms with Crippen LogP contribution in [0.25, 0.3) is 11.4 Å². The molecule has 0 radical (unpaired) electrons. The SMILES string of the molecule is CC(CCc1ccccc1)NC(=O)C1CCCN(Cc2nc(-c3ccc(Cl)cc3)no2)C1. The highest BCUT2D eigenvalue weighted by molar-refractivity contribution is 6.30. The summed E-state index contributed by atoms with van der Waals surface area (Å²) in [6.07, 6.45) is 3.79. The van der Waals surface area contributed by atoms with Gasteiger partial charge in [-0.2, -0.15) is 4.98 Å². The summed E-state index contributed by atoms with van der Waals surface area (Å²) in [6, 6.07) is 17.9. The highest BCUT2D eigenvalue weighted by Gasteiger charge is 2.27. The molecule has 1 aliphatic heterocycles. The van der Waals surface area contributed by atoms with Crippen molar-refractivity contribution < 1.29 is 9.32 Å². The number of aryl methyl sites for hydroxylation is 1. The fourth-order valence-corrected chi connectivity index (χ4v) is 4.23. The van der Waals surface area contributed by atoms with Crippen molar-refractivity contribution >= 4 is 17.5 Å². The first-order chi connectivity index (χ1) is 15.6. The molecule has 1 saturated heterocycles. The topological polar surface area (TPSA) is 71.3 Å². The van der Waals surface area contributed by atoms with Gasteiger partial charge in [-0.3, -0.25) is 9.69 Å². The van der Waals surface area contributed by atoms with Gasteiger partial charge in [0.2, 0.25) is 17.6 Å². The van der Waals surface area contributed by atoms with E-state index in [2.05, 4.69) is 51.5 Å². The van der Waals surface area contributed by atoms with Crippen LogP contribution >= 0.6 is 11.6 Å². The molecule has 7 heteroatoms. The number of nitrogens with zero attached hydrogens (tertiary/aromatic N) is 3. The fraction of sp³-hybridized carbons (Fsp3) is 0.400. The summed E-state index contributed by atoms with van der Waals surface area (Å²) >= 11 is 5.95. The number of nitrogens with one attached hydrogen (secondary N) is 1. The van der Waals surface area contributed by atoms with Crippen molar-refractivity contribution in [2.24, 2.45) is 5.92 Å². The summed E-state index contributed by atoms with van der Waals surface area (Å²) in [5.41, 5.74) is 2.17. The molecule has 1 N–H and O–H groups in total. The first kappa shape index (κ1) is 22.5. The number of amides is 1. The van der Waals surface area contributed by atoms with E-state index in [4.69, 9.17) is 16.1 Å². The van der Waals surface area contributed by atoms with Gasteiger partial charge >= 0.3 is 0 Å². The lowest BCUT2D eigenvalue weighted by Gasteiger charge is -2.31. The van der Waals surface area contributed by atoms with E-state index in [0.29, 0.717) is 29.8 Å². The molecule has 2 unspecified atom stereocenters. The first-order valence-electron chi connectivity index (χ1n) is 11.2. The van der Waals surface area contributed by atoms with Crippen LogP contribution in [0, 0.1) is 5.92 Å². The Hall–Kier alpha value is -2.70. The van der Waals surface area contributed by atoms with Crippen LogP contribution in [0.3, 0.4) is 0 Å². The zero-order valence-electron chi connectivity index (χ0n) is 18.3. The number of piperidine rings is 1. The standard InChI is InChI=1S/C25H29ClN4O2/c1-18(9-10-19-6-3-2-4-7-19)27-25(31)21-8-5-15-30(16-21)17-23-28-24(29-32-23)20-11-13-22(26)14-12-20/h2-4,6-7,11-14,18,21H,5,8-10,15-17H2,1H3,(H,27,31). The smallest absolute Gasteiger partial charge is 0.241 e. The number of halogens is 1. The molecule has 0 saturated carbocycles. The van der Waals surface area contributed by atoms with Crippen molar-refractivity contribution in [1.29, 1.82) is 0 Å². The maximum absolute atomic E-state index is 12.8. The Bertz CT molecular complexity index is 1010. The molecule has 2 atom stereocenters. The van der Waals surface area contributed by atoms with Crippen LogP contribution in [-0.4, -0.2) is 40.1 Å². The van der Waals surface area contributed by atoms with Gasteiger partial charge in [0.15, 0.2) is 0 Å². The number of carbonyl (C=O) groups excluding carboxylic acids is 1. The van der Waals surface area contributed by atoms with Crippen molar-refractivity contribution in [3.05, 3.63) is 71.1 Å². The molecule has 2 heterocycles. The molecule has 2 aromatic carbocycles. The third-order valence-corrected chi connectivity index (χ3v) is 6.16. The van der Waals surface area contributed by atoms with Gasteiger partial charge in [0, 0.05) is 23.2 Å². The van der Waals surface area contributed by atoms with Gasteiger partial charge in [-0.1, -0.05) is 47.1 Å². The number of carbonyl (C=O) groups is 1. The maximum Gasteiger partial charge on any atom is 0.241 e. The van der Waals surface area contributed by atoms with Crippen LogP contribution < -0.4 is 5.32 Å². The monoisotopic (exact) mass is 452 g/mol. The van der Waals surface area contributed by atoms with Crippen LogP contribution in [-0.2, 0) is 17.8 Å². The molecule has 3 aromatic rings. The normalized spacial score (nSPS) is 17.8. The maximum atomic E-state index is 12.8. The van der Waals surface area contributed by atoms with Crippen molar-refractivity contribution in [2.45, 2.75) is 45.2 Å². The van der Waals surface area contributed by atoms with Crippen LogP contribution in [0.15, 0.2) is 59.1 Å². The quantitative estimate of drug-likeness (QED) is 0.534. The second-order valence-corrected chi connectivity index (χ2v) is 8.96. The molecule has 1 amide bonds. The second kappa shape index (κ2) is 10.7. The van der Waals surface area contributed by atoms with Crippen molar-refractivity contribution in [3.63, 3.8) is 0 Å². The Morgan fingerprint density at radius 3 is 2.78 bits per heavy atom. The summed E-state index contributed by atoms with van der Waals surface area (Å²) in [7, 11) is 0. The largest absolute Gasteiger partial charge is 0.353 e. The van der Waals surface area contributed by atoms with Crippen LogP contribution in [0.1, 0.15) is 37.6 Å². The summed E-state index contributed by atoms with van der Waals surface area (Å²) in [4.78, 5) is 19.6. The van der Waals surface area contributed by atoms with E-state index in [0.717, 1.165) is 37.8 Å². The highest BCUT2D eigenvalue weighted by atomic mass is 35.5. The second-order valence-electron chi connectivity index (χ2n) is 8.53. The van der Waals surface area contributed by atoms with E-state index < -0.39 is 0 Å². The molecule has 0 aliphatic carbocycles. The summed E-state index contributed by atoms with van der Waals surface area (Å²) in [5.74, 6) is 1.24. The Balaban J connectivity index is 1.26. The van der Waals surface area contributed by atoms with E-state index in [-0.39, 0.29) is 17.9 Å². The number of likely N-dealkylation sites (tertiary alicyclic amines) is 1. The van der Waals surface area contributed by atoms with E-state index in [1.54, 1.807) is 0 Å². The zero-order chi connectivity index (χ0) is 22.3. The number of hydrogen-bond acceptors (Lipinski definition) is 5. The molecular formula is C25H29ClN4O2. The Labute approximate surface area is 194 Å². The minimum Gasteiger partial charge on any atom is -0.353 e. The van der Waals surface area contributed by atoms with Gasteiger partial charge in [0.05, 0.1) is 12.5 Å². The lowest BCUT2D eigenvalue weighted by molar-refractivity contribution is -0.127. The number of rotatable bonds is 8. The Kier molecular flexibility index (Phi) is 7.55. The molecule has 4 rings (SSSR count). The van der Waals surface area contributed by atoms with Crippen LogP contribution in [0.4, 0.5) is 0 Å². The third-order valence-electron chi connectivity index (χ3n) is 5.90. The predicted octanol–water partition coefficient (Wildman–Crippen LogP) is 4.74. The zero-order valence-corrected chi connectivity index (χ0v) is 19.1. The lowest BCUT2D eigenvalue weighted by atomic mass is 9.96. The molecule has 1 aromatic heterocycles. The van der Waals surface area contributed by atoms with Crippen molar-refractivity contribution in [1.82, 2.24) is 20.4 Å². The molecule has 6 nitrogen and oxygen atoms in total. The highest BCUT2D eigenvalue weighted by Crippen LogP contribution is 2.22. The molecule has 32 heavy (non-hydrogen) atoms. The molecule has 0 spiro atoms. The van der Waals surface area contributed by atoms with Gasteiger partial charge in [0.25, 0.3) is 0 Å². The number of benzene rings is 2. The van der Waals surface area contributed by atoms with Crippen LogP contribution in [0.5, 0.6) is 0 Å². The molecule has 168 valence electrons. The van der Waals surface area contributed by atoms with E-state index in [1.807, 2.05) is 30.3 Å². The van der Waals surface area contributed by atoms with Gasteiger partial charge in [-0.15, -0.1) is 0 Å². The van der Waals surface area contributed by atoms with Gasteiger partial charge in [-0.25, -0.2) is 0 Å². The summed E-state index contributed by atoms with van der Waals surface area (Å²) in [5, 5.41) is 7.96. The average molecular weight is 453 g/mol. The molecule has 0 bridgehead atoms. The Morgan fingerprint density at radius 2 is 2.00 bits per heavy atom. The van der Waals surface area contributed by atoms with E-state index >= 15 is 0 Å². The first-order valence-corrected chi connectivity index (χ1v) is 11.6. The average Bonchev–Trinajstić information content (AvgIpc) is 3.27. The van der Waals surface area contributed by atoms with Crippen molar-refractivity contribution in [3.8, 4) is 11.4 Å². The summed E-state index contributed by atoms with van der Waals surface area (Å²) < 4.78 is 5.45. The van der Waals surface area contributed by atoms with Gasteiger partial charge in [0.1, 0.15) is 0 Å². The Morgan fingerprint density at radius 1 is 1.22 bits per heavy atom. The van der Waals surface area contributed by atoms with Crippen molar-refractivity contribution in [2.75, 3.05) is 13.1 Å². The lowest BCUT2D eigenvalue weighted by Crippen LogP contribution is -2.45. The summed E-state index contributed by atoms with van der Waals surface area (Å²) in [6.45, 7) is 4.26. The number of aromatic nitrogens is 2. The molecular weight excluding hydrogens is 424 g/mol. The van der Waals surface area contributed by atoms with E-state index in [9.17, 15) is 4.79 Å². The number of hydrogen-bond donors (Lipinski definition) is 1. The molecule has 1 fully saturated rings. The minimum absolute atomic E-state index is 0.0124. The van der Waals surface area contributed by atoms with Gasteiger partial charge < -0.3 is 9.84 Å². The van der Waals surface area contributed by atoms with E-state index in [1.165, 1.54) is 5.56 Å². The minimum atomic E-state index is -0.0124. The van der Waals surface area contributed by atoms with Gasteiger partial charge in [-0.05, 0) is 69.0 Å². The fourth-order valence-electron chi connectivity index (χ4n) is 4.10. The predicted molar refractivity (Wildman–Crippen MR) is 125 cm³/mol. The van der Waals surface area contributed by atoms with Crippen LogP contribution in [0.2, 0.25) is 5.02 Å². The molecule has 1 aliphatic rings. The third kappa shape index (κ3) is 6.17.